The van der Waals surface area contributed by atoms with E-state index in [2.05, 4.69) is 28.9 Å². The molecule has 3 rings (SSSR count). The Morgan fingerprint density at radius 3 is 2.63 bits per heavy atom. The Balaban J connectivity index is 1.64. The second kappa shape index (κ2) is 5.61. The molecule has 2 saturated heterocycles. The second-order valence-corrected chi connectivity index (χ2v) is 6.04. The molecule has 0 saturated carbocycles. The highest BCUT2D eigenvalue weighted by Crippen LogP contribution is 2.25. The van der Waals surface area contributed by atoms with Crippen molar-refractivity contribution in [1.29, 1.82) is 0 Å². The van der Waals surface area contributed by atoms with E-state index in [9.17, 15) is 0 Å². The minimum atomic E-state index is 0.136. The Morgan fingerprint density at radius 2 is 1.89 bits per heavy atom. The fourth-order valence-corrected chi connectivity index (χ4v) is 3.45. The first kappa shape index (κ1) is 13.1. The predicted octanol–water partition coefficient (Wildman–Crippen LogP) is 1.85. The molecule has 1 aromatic carbocycles. The van der Waals surface area contributed by atoms with Gasteiger partial charge in [-0.2, -0.15) is 0 Å². The van der Waals surface area contributed by atoms with E-state index < -0.39 is 0 Å². The SMILES string of the molecule is CC1CN2CCCC2CN1Cc1ccc(CO)cc1. The van der Waals surface area contributed by atoms with Gasteiger partial charge in [-0.3, -0.25) is 9.80 Å². The van der Waals surface area contributed by atoms with Crippen LogP contribution in [0.1, 0.15) is 30.9 Å². The number of hydrogen-bond donors (Lipinski definition) is 1. The lowest BCUT2D eigenvalue weighted by molar-refractivity contribution is 0.0540. The van der Waals surface area contributed by atoms with E-state index in [1.54, 1.807) is 0 Å². The molecule has 2 aliphatic rings. The van der Waals surface area contributed by atoms with E-state index in [1.807, 2.05) is 12.1 Å². The van der Waals surface area contributed by atoms with Crippen LogP contribution in [-0.4, -0.2) is 46.6 Å². The zero-order valence-corrected chi connectivity index (χ0v) is 11.8. The van der Waals surface area contributed by atoms with Crippen LogP contribution in [0.3, 0.4) is 0 Å². The minimum Gasteiger partial charge on any atom is -0.392 e. The molecule has 1 N–H and O–H groups in total. The van der Waals surface area contributed by atoms with Gasteiger partial charge in [0, 0.05) is 31.7 Å². The van der Waals surface area contributed by atoms with Crippen molar-refractivity contribution >= 4 is 0 Å². The van der Waals surface area contributed by atoms with Crippen molar-refractivity contribution in [3.63, 3.8) is 0 Å². The number of hydrogen-bond acceptors (Lipinski definition) is 3. The first-order valence-electron chi connectivity index (χ1n) is 7.43. The van der Waals surface area contributed by atoms with Gasteiger partial charge in [-0.15, -0.1) is 0 Å². The molecule has 0 spiro atoms. The van der Waals surface area contributed by atoms with Gasteiger partial charge in [0.2, 0.25) is 0 Å². The normalized spacial score (nSPS) is 28.5. The van der Waals surface area contributed by atoms with Crippen LogP contribution in [0.25, 0.3) is 0 Å². The molecule has 0 amide bonds. The number of rotatable bonds is 3. The maximum absolute atomic E-state index is 9.08. The number of nitrogens with zero attached hydrogens (tertiary/aromatic N) is 2. The molecule has 19 heavy (non-hydrogen) atoms. The van der Waals surface area contributed by atoms with Crippen molar-refractivity contribution in [2.75, 3.05) is 19.6 Å². The monoisotopic (exact) mass is 260 g/mol. The third-order valence-corrected chi connectivity index (χ3v) is 4.66. The molecule has 2 unspecified atom stereocenters. The molecule has 0 radical (unpaired) electrons. The van der Waals surface area contributed by atoms with Gasteiger partial charge < -0.3 is 5.11 Å². The van der Waals surface area contributed by atoms with Gasteiger partial charge in [0.1, 0.15) is 0 Å². The Labute approximate surface area is 115 Å². The maximum Gasteiger partial charge on any atom is 0.0681 e. The average molecular weight is 260 g/mol. The fourth-order valence-electron chi connectivity index (χ4n) is 3.45. The molecule has 0 aliphatic carbocycles. The standard InChI is InChI=1S/C16H24N2O/c1-13-9-17-8-2-3-16(17)11-18(13)10-14-4-6-15(12-19)7-5-14/h4-7,13,16,19H,2-3,8-12H2,1H3. The van der Waals surface area contributed by atoms with Gasteiger partial charge in [-0.05, 0) is 37.4 Å². The summed E-state index contributed by atoms with van der Waals surface area (Å²) in [6.07, 6.45) is 2.74. The van der Waals surface area contributed by atoms with Crippen LogP contribution in [0.2, 0.25) is 0 Å². The van der Waals surface area contributed by atoms with Crippen molar-refractivity contribution in [2.45, 2.75) is 45.0 Å². The molecule has 1 aromatic rings. The molecule has 104 valence electrons. The summed E-state index contributed by atoms with van der Waals surface area (Å²) >= 11 is 0. The average Bonchev–Trinajstić information content (AvgIpc) is 2.87. The van der Waals surface area contributed by atoms with Crippen LogP contribution in [-0.2, 0) is 13.2 Å². The van der Waals surface area contributed by atoms with Crippen molar-refractivity contribution < 1.29 is 5.11 Å². The molecule has 2 fully saturated rings. The highest BCUT2D eigenvalue weighted by Gasteiger charge is 2.34. The molecule has 2 heterocycles. The lowest BCUT2D eigenvalue weighted by Gasteiger charge is -2.42. The molecule has 0 bridgehead atoms. The third kappa shape index (κ3) is 2.83. The summed E-state index contributed by atoms with van der Waals surface area (Å²) < 4.78 is 0. The van der Waals surface area contributed by atoms with E-state index in [1.165, 1.54) is 38.0 Å². The molecule has 0 aromatic heterocycles. The van der Waals surface area contributed by atoms with E-state index in [-0.39, 0.29) is 6.61 Å². The van der Waals surface area contributed by atoms with E-state index in [4.69, 9.17) is 5.11 Å². The Kier molecular flexibility index (Phi) is 3.87. The molecular weight excluding hydrogens is 236 g/mol. The number of piperazine rings is 1. The van der Waals surface area contributed by atoms with Crippen LogP contribution in [0.4, 0.5) is 0 Å². The van der Waals surface area contributed by atoms with Crippen LogP contribution in [0.15, 0.2) is 24.3 Å². The fraction of sp³-hybridized carbons (Fsp3) is 0.625. The van der Waals surface area contributed by atoms with Gasteiger partial charge in [-0.1, -0.05) is 24.3 Å². The van der Waals surface area contributed by atoms with Gasteiger partial charge in [-0.25, -0.2) is 0 Å². The molecule has 3 nitrogen and oxygen atoms in total. The third-order valence-electron chi connectivity index (χ3n) is 4.66. The van der Waals surface area contributed by atoms with Gasteiger partial charge in [0.15, 0.2) is 0 Å². The summed E-state index contributed by atoms with van der Waals surface area (Å²) in [5.41, 5.74) is 2.35. The second-order valence-electron chi connectivity index (χ2n) is 6.04. The largest absolute Gasteiger partial charge is 0.392 e. The van der Waals surface area contributed by atoms with Gasteiger partial charge in [0.25, 0.3) is 0 Å². The Morgan fingerprint density at radius 1 is 1.16 bits per heavy atom. The minimum absolute atomic E-state index is 0.136. The zero-order chi connectivity index (χ0) is 13.2. The zero-order valence-electron chi connectivity index (χ0n) is 11.8. The first-order chi connectivity index (χ1) is 9.26. The summed E-state index contributed by atoms with van der Waals surface area (Å²) in [5.74, 6) is 0. The molecule has 2 atom stereocenters. The topological polar surface area (TPSA) is 26.7 Å². The Bertz CT molecular complexity index is 417. The number of aliphatic hydroxyl groups excluding tert-OH is 1. The highest BCUT2D eigenvalue weighted by molar-refractivity contribution is 5.22. The summed E-state index contributed by atoms with van der Waals surface area (Å²) in [6, 6.07) is 9.80. The number of aliphatic hydroxyl groups is 1. The van der Waals surface area contributed by atoms with Gasteiger partial charge >= 0.3 is 0 Å². The quantitative estimate of drug-likeness (QED) is 0.898. The number of fused-ring (bicyclic) bond motifs is 1. The first-order valence-corrected chi connectivity index (χ1v) is 7.43. The summed E-state index contributed by atoms with van der Waals surface area (Å²) in [5, 5.41) is 9.08. The number of benzene rings is 1. The van der Waals surface area contributed by atoms with Crippen molar-refractivity contribution in [3.8, 4) is 0 Å². The maximum atomic E-state index is 9.08. The van der Waals surface area contributed by atoms with Crippen LogP contribution < -0.4 is 0 Å². The summed E-state index contributed by atoms with van der Waals surface area (Å²) in [4.78, 5) is 5.27. The molecule has 2 aliphatic heterocycles. The summed E-state index contributed by atoms with van der Waals surface area (Å²) in [7, 11) is 0. The van der Waals surface area contributed by atoms with Crippen molar-refractivity contribution in [3.05, 3.63) is 35.4 Å². The van der Waals surface area contributed by atoms with E-state index in [0.29, 0.717) is 6.04 Å². The lowest BCUT2D eigenvalue weighted by atomic mass is 10.1. The van der Waals surface area contributed by atoms with Gasteiger partial charge in [0.05, 0.1) is 6.61 Å². The Hall–Kier alpha value is -0.900. The predicted molar refractivity (Wildman–Crippen MR) is 76.8 cm³/mol. The molecule has 3 heteroatoms. The van der Waals surface area contributed by atoms with E-state index >= 15 is 0 Å². The van der Waals surface area contributed by atoms with E-state index in [0.717, 1.165) is 18.2 Å². The molecular formula is C16H24N2O. The lowest BCUT2D eigenvalue weighted by Crippen LogP contribution is -2.54. The van der Waals surface area contributed by atoms with Crippen molar-refractivity contribution in [1.82, 2.24) is 9.80 Å². The van der Waals surface area contributed by atoms with Crippen LogP contribution in [0, 0.1) is 0 Å². The van der Waals surface area contributed by atoms with Crippen LogP contribution in [0.5, 0.6) is 0 Å². The summed E-state index contributed by atoms with van der Waals surface area (Å²) in [6.45, 7) is 7.25. The van der Waals surface area contributed by atoms with Crippen LogP contribution >= 0.6 is 0 Å². The highest BCUT2D eigenvalue weighted by atomic mass is 16.3. The van der Waals surface area contributed by atoms with Crippen molar-refractivity contribution in [2.24, 2.45) is 0 Å². The smallest absolute Gasteiger partial charge is 0.0681 e.